The van der Waals surface area contributed by atoms with Gasteiger partial charge in [0.1, 0.15) is 33.8 Å². The van der Waals surface area contributed by atoms with Gasteiger partial charge in [-0.3, -0.25) is 14.4 Å². The molecule has 0 bridgehead atoms. The third kappa shape index (κ3) is 6.24. The molecule has 38 heavy (non-hydrogen) atoms. The van der Waals surface area contributed by atoms with E-state index in [0.29, 0.717) is 66.3 Å². The topological polar surface area (TPSA) is 165 Å². The van der Waals surface area contributed by atoms with Crippen molar-refractivity contribution in [1.82, 2.24) is 15.6 Å². The molecule has 198 valence electrons. The molecule has 3 amide bonds. The zero-order valence-electron chi connectivity index (χ0n) is 21.7. The summed E-state index contributed by atoms with van der Waals surface area (Å²) in [6.07, 6.45) is 2.15. The van der Waals surface area contributed by atoms with E-state index in [0.717, 1.165) is 11.8 Å². The Kier molecular flexibility index (Phi) is 9.32. The lowest BCUT2D eigenvalue weighted by atomic mass is 9.98. The maximum absolute atomic E-state index is 12.6. The molecule has 1 aliphatic rings. The minimum absolute atomic E-state index is 0.104. The number of hydrogen-bond acceptors (Lipinski definition) is 8. The monoisotopic (exact) mass is 533 g/mol. The van der Waals surface area contributed by atoms with Crippen molar-refractivity contribution in [3.05, 3.63) is 52.6 Å². The largest absolute Gasteiger partial charge is 0.368 e. The number of pyridine rings is 1. The first-order valence-corrected chi connectivity index (χ1v) is 13.2. The lowest BCUT2D eigenvalue weighted by Gasteiger charge is -2.35. The molecule has 11 heteroatoms. The maximum atomic E-state index is 12.6. The SMILES string of the molecule is CCc1c(C#N)c(SC(C(N)=O)c2ccccc2)nc(N2CCC(NC(=O)C(C)(C)NC=O)CC2)c1C#N. The summed E-state index contributed by atoms with van der Waals surface area (Å²) in [4.78, 5) is 42.5. The van der Waals surface area contributed by atoms with Gasteiger partial charge in [0.05, 0.1) is 11.1 Å². The smallest absolute Gasteiger partial charge is 0.245 e. The lowest BCUT2D eigenvalue weighted by Crippen LogP contribution is -2.56. The summed E-state index contributed by atoms with van der Waals surface area (Å²) in [5.41, 5.74) is 6.58. The number of amides is 3. The van der Waals surface area contributed by atoms with Crippen molar-refractivity contribution in [1.29, 1.82) is 10.5 Å². The number of anilines is 1. The summed E-state index contributed by atoms with van der Waals surface area (Å²) >= 11 is 1.11. The number of primary amides is 1. The van der Waals surface area contributed by atoms with E-state index in [1.807, 2.05) is 30.0 Å². The third-order valence-corrected chi connectivity index (χ3v) is 7.79. The van der Waals surface area contributed by atoms with Gasteiger partial charge in [-0.2, -0.15) is 10.5 Å². The third-order valence-electron chi connectivity index (χ3n) is 6.53. The molecule has 1 aromatic carbocycles. The number of nitriles is 2. The number of carbonyl (C=O) groups is 3. The molecule has 2 aromatic rings. The Labute approximate surface area is 226 Å². The number of carbonyl (C=O) groups excluding carboxylic acids is 3. The molecule has 3 rings (SSSR count). The highest BCUT2D eigenvalue weighted by Gasteiger charge is 2.32. The quantitative estimate of drug-likeness (QED) is 0.309. The molecule has 0 aliphatic carbocycles. The Balaban J connectivity index is 1.91. The van der Waals surface area contributed by atoms with Crippen LogP contribution in [-0.2, 0) is 20.8 Å². The van der Waals surface area contributed by atoms with E-state index in [4.69, 9.17) is 10.7 Å². The molecule has 2 heterocycles. The van der Waals surface area contributed by atoms with Crippen molar-refractivity contribution in [2.75, 3.05) is 18.0 Å². The second-order valence-electron chi connectivity index (χ2n) is 9.48. The van der Waals surface area contributed by atoms with Crippen molar-refractivity contribution < 1.29 is 14.4 Å². The fraction of sp³-hybridized carbons (Fsp3) is 0.407. The second kappa shape index (κ2) is 12.4. The zero-order chi connectivity index (χ0) is 27.9. The zero-order valence-corrected chi connectivity index (χ0v) is 22.5. The molecular weight excluding hydrogens is 502 g/mol. The van der Waals surface area contributed by atoms with Gasteiger partial charge in [-0.1, -0.05) is 49.0 Å². The predicted molar refractivity (Wildman–Crippen MR) is 144 cm³/mol. The number of rotatable bonds is 10. The summed E-state index contributed by atoms with van der Waals surface area (Å²) < 4.78 is 0. The van der Waals surface area contributed by atoms with E-state index in [2.05, 4.69) is 22.8 Å². The fourth-order valence-electron chi connectivity index (χ4n) is 4.34. The van der Waals surface area contributed by atoms with Gasteiger partial charge >= 0.3 is 0 Å². The molecule has 0 saturated carbocycles. The summed E-state index contributed by atoms with van der Waals surface area (Å²) in [5, 5.41) is 25.1. The van der Waals surface area contributed by atoms with Crippen LogP contribution < -0.4 is 21.3 Å². The number of hydrogen-bond donors (Lipinski definition) is 3. The highest BCUT2D eigenvalue weighted by molar-refractivity contribution is 8.00. The molecule has 1 atom stereocenters. The van der Waals surface area contributed by atoms with Crippen LogP contribution in [0.1, 0.15) is 61.1 Å². The Bertz CT molecular complexity index is 1280. The summed E-state index contributed by atoms with van der Waals surface area (Å²) in [5.74, 6) is -0.378. The van der Waals surface area contributed by atoms with E-state index >= 15 is 0 Å². The fourth-order valence-corrected chi connectivity index (χ4v) is 5.40. The van der Waals surface area contributed by atoms with Crippen LogP contribution in [0.2, 0.25) is 0 Å². The number of piperidine rings is 1. The van der Waals surface area contributed by atoms with Crippen LogP contribution in [0.25, 0.3) is 0 Å². The Hall–Kier alpha value is -4.09. The summed E-state index contributed by atoms with van der Waals surface area (Å²) in [6, 6.07) is 13.4. The van der Waals surface area contributed by atoms with E-state index in [1.165, 1.54) is 0 Å². The Morgan fingerprint density at radius 1 is 1.21 bits per heavy atom. The Morgan fingerprint density at radius 2 is 1.84 bits per heavy atom. The van der Waals surface area contributed by atoms with E-state index in [9.17, 15) is 24.9 Å². The molecule has 1 aromatic heterocycles. The van der Waals surface area contributed by atoms with Gasteiger partial charge in [0.15, 0.2) is 0 Å². The van der Waals surface area contributed by atoms with E-state index in [1.54, 1.807) is 26.0 Å². The molecule has 0 radical (unpaired) electrons. The number of nitrogens with one attached hydrogen (secondary N) is 2. The van der Waals surface area contributed by atoms with Gasteiger partial charge in [-0.15, -0.1) is 0 Å². The van der Waals surface area contributed by atoms with Gasteiger partial charge in [0.2, 0.25) is 18.2 Å². The minimum atomic E-state index is -1.03. The van der Waals surface area contributed by atoms with Crippen molar-refractivity contribution in [2.24, 2.45) is 5.73 Å². The molecule has 1 unspecified atom stereocenters. The molecule has 10 nitrogen and oxygen atoms in total. The summed E-state index contributed by atoms with van der Waals surface area (Å²) in [6.45, 7) is 6.17. The van der Waals surface area contributed by atoms with Crippen LogP contribution in [0.15, 0.2) is 35.4 Å². The summed E-state index contributed by atoms with van der Waals surface area (Å²) in [7, 11) is 0. The number of benzene rings is 1. The molecule has 1 aliphatic heterocycles. The first-order valence-electron chi connectivity index (χ1n) is 12.3. The standard InChI is InChI=1S/C27H31N7O3S/c1-4-19-20(14-28)24(34-12-10-18(11-13-34)32-26(37)27(2,3)31-16-35)33-25(21(19)15-29)38-22(23(30)36)17-8-6-5-7-9-17/h5-9,16,18,22H,4,10-13H2,1-3H3,(H2,30,36)(H,31,35)(H,32,37). The molecule has 4 N–H and O–H groups in total. The van der Waals surface area contributed by atoms with E-state index in [-0.39, 0.29) is 17.5 Å². The van der Waals surface area contributed by atoms with Crippen LogP contribution in [0, 0.1) is 22.7 Å². The molecule has 0 spiro atoms. The predicted octanol–water partition coefficient (Wildman–Crippen LogP) is 2.32. The highest BCUT2D eigenvalue weighted by atomic mass is 32.2. The normalized spacial score (nSPS) is 14.6. The van der Waals surface area contributed by atoms with Crippen molar-refractivity contribution >= 4 is 35.8 Å². The van der Waals surface area contributed by atoms with E-state index < -0.39 is 16.7 Å². The first-order chi connectivity index (χ1) is 18.2. The van der Waals surface area contributed by atoms with Crippen molar-refractivity contribution in [2.45, 2.75) is 61.9 Å². The van der Waals surface area contributed by atoms with Crippen molar-refractivity contribution in [3.63, 3.8) is 0 Å². The number of aromatic nitrogens is 1. The highest BCUT2D eigenvalue weighted by Crippen LogP contribution is 2.39. The van der Waals surface area contributed by atoms with Gasteiger partial charge in [0, 0.05) is 19.1 Å². The van der Waals surface area contributed by atoms with Crippen LogP contribution in [0.3, 0.4) is 0 Å². The molecule has 1 saturated heterocycles. The van der Waals surface area contributed by atoms with Crippen molar-refractivity contribution in [3.8, 4) is 12.1 Å². The number of thioether (sulfide) groups is 1. The van der Waals surface area contributed by atoms with Gasteiger partial charge in [0.25, 0.3) is 0 Å². The van der Waals surface area contributed by atoms with Crippen LogP contribution in [-0.4, -0.2) is 47.9 Å². The van der Waals surface area contributed by atoms with Gasteiger partial charge < -0.3 is 21.3 Å². The van der Waals surface area contributed by atoms with Gasteiger partial charge in [-0.25, -0.2) is 4.98 Å². The lowest BCUT2D eigenvalue weighted by molar-refractivity contribution is -0.129. The van der Waals surface area contributed by atoms with Crippen LogP contribution >= 0.6 is 11.8 Å². The average molecular weight is 534 g/mol. The second-order valence-corrected chi connectivity index (χ2v) is 10.6. The van der Waals surface area contributed by atoms with Gasteiger partial charge in [-0.05, 0) is 44.2 Å². The van der Waals surface area contributed by atoms with Crippen LogP contribution in [0.5, 0.6) is 0 Å². The average Bonchev–Trinajstić information content (AvgIpc) is 2.91. The molecular formula is C27H31N7O3S. The van der Waals surface area contributed by atoms with Crippen LogP contribution in [0.4, 0.5) is 5.82 Å². The number of nitrogens with zero attached hydrogens (tertiary/aromatic N) is 4. The number of nitrogens with two attached hydrogens (primary N) is 1. The molecule has 1 fully saturated rings. The minimum Gasteiger partial charge on any atom is -0.368 e. The Morgan fingerprint density at radius 3 is 2.37 bits per heavy atom. The maximum Gasteiger partial charge on any atom is 0.245 e. The first kappa shape index (κ1) is 28.5.